The van der Waals surface area contributed by atoms with Gasteiger partial charge in [-0.05, 0) is 45.4 Å². The number of rotatable bonds is 4. The molecule has 0 atom stereocenters. The van der Waals surface area contributed by atoms with Gasteiger partial charge in [-0.2, -0.15) is 0 Å². The van der Waals surface area contributed by atoms with Crippen LogP contribution in [0.15, 0.2) is 6.20 Å². The fraction of sp³-hybridized carbons (Fsp3) is 0.706. The average molecular weight is 302 g/mol. The molecule has 5 nitrogen and oxygen atoms in total. The van der Waals surface area contributed by atoms with Crippen molar-refractivity contribution in [3.8, 4) is 0 Å². The molecule has 0 aromatic carbocycles. The first kappa shape index (κ1) is 15.3. The van der Waals surface area contributed by atoms with Crippen LogP contribution in [0.4, 0.5) is 5.82 Å². The number of amides is 1. The minimum atomic E-state index is 0.329. The maximum atomic E-state index is 12.0. The average Bonchev–Trinajstić information content (AvgIpc) is 3.34. The minimum absolute atomic E-state index is 0.329. The SMILES string of the molecule is Cc1cnc(C)c(N2CCC(CN(C)C(=O)C3CC3)CC2)n1. The number of nitrogens with zero attached hydrogens (tertiary/aromatic N) is 4. The Morgan fingerprint density at radius 3 is 2.59 bits per heavy atom. The fourth-order valence-electron chi connectivity index (χ4n) is 3.27. The van der Waals surface area contributed by atoms with Gasteiger partial charge < -0.3 is 9.80 Å². The number of aromatic nitrogens is 2. The number of hydrogen-bond donors (Lipinski definition) is 0. The molecule has 22 heavy (non-hydrogen) atoms. The van der Waals surface area contributed by atoms with Gasteiger partial charge in [0.15, 0.2) is 0 Å². The van der Waals surface area contributed by atoms with E-state index in [9.17, 15) is 4.79 Å². The van der Waals surface area contributed by atoms with E-state index >= 15 is 0 Å². The van der Waals surface area contributed by atoms with Crippen LogP contribution in [-0.4, -0.2) is 47.5 Å². The first-order chi connectivity index (χ1) is 10.5. The third-order valence-electron chi connectivity index (χ3n) is 4.80. The van der Waals surface area contributed by atoms with Gasteiger partial charge in [0.2, 0.25) is 5.91 Å². The second-order valence-corrected chi connectivity index (χ2v) is 6.84. The molecule has 1 aromatic heterocycles. The smallest absolute Gasteiger partial charge is 0.225 e. The zero-order valence-electron chi connectivity index (χ0n) is 13.9. The summed E-state index contributed by atoms with van der Waals surface area (Å²) < 4.78 is 0. The highest BCUT2D eigenvalue weighted by atomic mass is 16.2. The van der Waals surface area contributed by atoms with Gasteiger partial charge in [-0.15, -0.1) is 0 Å². The molecular weight excluding hydrogens is 276 g/mol. The lowest BCUT2D eigenvalue weighted by Crippen LogP contribution is -2.40. The van der Waals surface area contributed by atoms with Gasteiger partial charge in [0.05, 0.1) is 11.4 Å². The van der Waals surface area contributed by atoms with Crippen molar-refractivity contribution in [2.24, 2.45) is 11.8 Å². The Morgan fingerprint density at radius 2 is 1.95 bits per heavy atom. The molecule has 1 saturated carbocycles. The zero-order valence-corrected chi connectivity index (χ0v) is 13.9. The number of aryl methyl sites for hydroxylation is 2. The van der Waals surface area contributed by atoms with Crippen molar-refractivity contribution in [1.82, 2.24) is 14.9 Å². The number of carbonyl (C=O) groups excluding carboxylic acids is 1. The predicted octanol–water partition coefficient (Wildman–Crippen LogP) is 2.18. The van der Waals surface area contributed by atoms with Gasteiger partial charge in [0.25, 0.3) is 0 Å². The van der Waals surface area contributed by atoms with E-state index in [1.165, 1.54) is 0 Å². The van der Waals surface area contributed by atoms with Gasteiger partial charge in [-0.3, -0.25) is 9.78 Å². The topological polar surface area (TPSA) is 49.3 Å². The van der Waals surface area contributed by atoms with Crippen molar-refractivity contribution < 1.29 is 4.79 Å². The maximum absolute atomic E-state index is 12.0. The maximum Gasteiger partial charge on any atom is 0.225 e. The molecule has 3 rings (SSSR count). The van der Waals surface area contributed by atoms with E-state index in [1.807, 2.05) is 32.0 Å². The van der Waals surface area contributed by atoms with E-state index < -0.39 is 0 Å². The third-order valence-corrected chi connectivity index (χ3v) is 4.80. The second-order valence-electron chi connectivity index (χ2n) is 6.84. The van der Waals surface area contributed by atoms with E-state index in [0.717, 1.165) is 62.5 Å². The Balaban J connectivity index is 1.53. The van der Waals surface area contributed by atoms with Gasteiger partial charge in [0, 0.05) is 38.8 Å². The van der Waals surface area contributed by atoms with E-state index in [-0.39, 0.29) is 0 Å². The largest absolute Gasteiger partial charge is 0.355 e. The summed E-state index contributed by atoms with van der Waals surface area (Å²) in [6.45, 7) is 6.93. The van der Waals surface area contributed by atoms with Gasteiger partial charge in [-0.1, -0.05) is 0 Å². The molecular formula is C17H26N4O. The highest BCUT2D eigenvalue weighted by molar-refractivity contribution is 5.80. The van der Waals surface area contributed by atoms with Crippen LogP contribution >= 0.6 is 0 Å². The van der Waals surface area contributed by atoms with Crippen molar-refractivity contribution in [3.05, 3.63) is 17.6 Å². The summed E-state index contributed by atoms with van der Waals surface area (Å²) in [5.41, 5.74) is 1.97. The first-order valence-corrected chi connectivity index (χ1v) is 8.34. The van der Waals surface area contributed by atoms with Gasteiger partial charge >= 0.3 is 0 Å². The molecule has 1 aliphatic carbocycles. The number of carbonyl (C=O) groups is 1. The Hall–Kier alpha value is -1.65. The van der Waals surface area contributed by atoms with Crippen LogP contribution in [0.5, 0.6) is 0 Å². The Morgan fingerprint density at radius 1 is 1.27 bits per heavy atom. The fourth-order valence-corrected chi connectivity index (χ4v) is 3.27. The van der Waals surface area contributed by atoms with Crippen LogP contribution in [0.3, 0.4) is 0 Å². The third kappa shape index (κ3) is 3.39. The molecule has 0 N–H and O–H groups in total. The Bertz CT molecular complexity index is 548. The lowest BCUT2D eigenvalue weighted by Gasteiger charge is -2.35. The van der Waals surface area contributed by atoms with Crippen molar-refractivity contribution in [1.29, 1.82) is 0 Å². The zero-order chi connectivity index (χ0) is 15.7. The summed E-state index contributed by atoms with van der Waals surface area (Å²) in [6, 6.07) is 0. The van der Waals surface area contributed by atoms with Gasteiger partial charge in [-0.25, -0.2) is 4.98 Å². The molecule has 1 saturated heterocycles. The molecule has 0 radical (unpaired) electrons. The summed E-state index contributed by atoms with van der Waals surface area (Å²) in [7, 11) is 1.96. The highest BCUT2D eigenvalue weighted by Crippen LogP contribution is 2.31. The summed E-state index contributed by atoms with van der Waals surface area (Å²) in [4.78, 5) is 25.4. The van der Waals surface area contributed by atoms with E-state index in [0.29, 0.717) is 17.7 Å². The van der Waals surface area contributed by atoms with Crippen LogP contribution in [-0.2, 0) is 4.79 Å². The molecule has 1 amide bonds. The lowest BCUT2D eigenvalue weighted by atomic mass is 9.96. The van der Waals surface area contributed by atoms with Crippen LogP contribution in [0, 0.1) is 25.7 Å². The van der Waals surface area contributed by atoms with Gasteiger partial charge in [0.1, 0.15) is 5.82 Å². The molecule has 0 spiro atoms. The summed E-state index contributed by atoms with van der Waals surface area (Å²) in [5.74, 6) is 2.32. The molecule has 2 aliphatic rings. The monoisotopic (exact) mass is 302 g/mol. The van der Waals surface area contributed by atoms with Crippen molar-refractivity contribution >= 4 is 11.7 Å². The van der Waals surface area contributed by atoms with Crippen molar-refractivity contribution in [3.63, 3.8) is 0 Å². The number of hydrogen-bond acceptors (Lipinski definition) is 4. The number of piperidine rings is 1. The highest BCUT2D eigenvalue weighted by Gasteiger charge is 2.33. The van der Waals surface area contributed by atoms with E-state index in [4.69, 9.17) is 0 Å². The van der Waals surface area contributed by atoms with Crippen molar-refractivity contribution in [2.75, 3.05) is 31.6 Å². The molecule has 1 aliphatic heterocycles. The Labute approximate surface area is 132 Å². The second kappa shape index (κ2) is 6.23. The summed E-state index contributed by atoms with van der Waals surface area (Å²) >= 11 is 0. The predicted molar refractivity (Wildman–Crippen MR) is 86.8 cm³/mol. The lowest BCUT2D eigenvalue weighted by molar-refractivity contribution is -0.131. The van der Waals surface area contributed by atoms with Crippen LogP contribution < -0.4 is 4.90 Å². The summed E-state index contributed by atoms with van der Waals surface area (Å²) in [6.07, 6.45) is 6.25. The molecule has 0 bridgehead atoms. The quantitative estimate of drug-likeness (QED) is 0.855. The molecule has 0 unspecified atom stereocenters. The minimum Gasteiger partial charge on any atom is -0.355 e. The molecule has 5 heteroatoms. The van der Waals surface area contributed by atoms with Crippen LogP contribution in [0.2, 0.25) is 0 Å². The Kier molecular flexibility index (Phi) is 4.32. The molecule has 1 aromatic rings. The molecule has 2 fully saturated rings. The molecule has 2 heterocycles. The van der Waals surface area contributed by atoms with Crippen molar-refractivity contribution in [2.45, 2.75) is 39.5 Å². The number of anilines is 1. The van der Waals surface area contributed by atoms with E-state index in [2.05, 4.69) is 14.9 Å². The normalized spacial score (nSPS) is 19.3. The van der Waals surface area contributed by atoms with E-state index in [1.54, 1.807) is 0 Å². The standard InChI is InChI=1S/C17H26N4O/c1-12-10-18-13(2)16(19-12)21-8-6-14(7-9-21)11-20(3)17(22)15-4-5-15/h10,14-15H,4-9,11H2,1-3H3. The van der Waals surface area contributed by atoms with Crippen LogP contribution in [0.25, 0.3) is 0 Å². The first-order valence-electron chi connectivity index (χ1n) is 8.34. The molecule has 120 valence electrons. The summed E-state index contributed by atoms with van der Waals surface area (Å²) in [5, 5.41) is 0. The van der Waals surface area contributed by atoms with Crippen LogP contribution in [0.1, 0.15) is 37.1 Å².